The second-order valence-corrected chi connectivity index (χ2v) is 18.5. The Morgan fingerprint density at radius 2 is 0.650 bits per heavy atom. The van der Waals surface area contributed by atoms with Crippen LogP contribution in [0.15, 0.2) is 12.2 Å². The normalized spacial score (nSPS) is 12.1. The summed E-state index contributed by atoms with van der Waals surface area (Å²) in [6.07, 6.45) is 59.8. The minimum atomic E-state index is -0.525. The zero-order chi connectivity index (χ0) is 43.5. The fraction of sp³-hybridized carbons (Fsp3) is 0.927. The average molecular weight is 847 g/mol. The molecule has 0 fully saturated rings. The molecule has 0 saturated heterocycles. The Labute approximate surface area is 375 Å². The zero-order valence-electron chi connectivity index (χ0n) is 41.0. The number of hydrogen-bond acceptors (Lipinski definition) is 5. The van der Waals surface area contributed by atoms with Crippen molar-refractivity contribution in [3.63, 3.8) is 0 Å². The van der Waals surface area contributed by atoms with Crippen LogP contribution in [-0.2, 0) is 23.8 Å². The number of allylic oxidation sites excluding steroid dienone is 2. The predicted molar refractivity (Wildman–Crippen MR) is 261 cm³/mol. The molecule has 0 amide bonds. The third-order valence-corrected chi connectivity index (χ3v) is 12.3. The number of rotatable bonds is 51. The Morgan fingerprint density at radius 1 is 0.350 bits per heavy atom. The quantitative estimate of drug-likeness (QED) is 0.0347. The SMILES string of the molecule is CCCCCCCC/C=C\CCCCCCCCCCCC(=O)OCC(COCCCCCCCCCCCCCCCCCCCCCC)OC(=O)CCCCCCC. The Kier molecular flexibility index (Phi) is 50.8. The molecule has 5 heteroatoms. The monoisotopic (exact) mass is 847 g/mol. The van der Waals surface area contributed by atoms with Crippen molar-refractivity contribution in [2.75, 3.05) is 19.8 Å². The van der Waals surface area contributed by atoms with Gasteiger partial charge in [-0.1, -0.05) is 258 Å². The molecule has 0 rings (SSSR count). The van der Waals surface area contributed by atoms with Gasteiger partial charge in [0.15, 0.2) is 6.10 Å². The third-order valence-electron chi connectivity index (χ3n) is 12.3. The highest BCUT2D eigenvalue weighted by atomic mass is 16.6. The van der Waals surface area contributed by atoms with E-state index in [0.29, 0.717) is 26.1 Å². The first-order valence-electron chi connectivity index (χ1n) is 27.2. The van der Waals surface area contributed by atoms with E-state index >= 15 is 0 Å². The summed E-state index contributed by atoms with van der Waals surface area (Å²) in [5, 5.41) is 0. The lowest BCUT2D eigenvalue weighted by atomic mass is 10.0. The van der Waals surface area contributed by atoms with Gasteiger partial charge >= 0.3 is 11.9 Å². The summed E-state index contributed by atoms with van der Waals surface area (Å²) in [4.78, 5) is 25.1. The van der Waals surface area contributed by atoms with Gasteiger partial charge < -0.3 is 14.2 Å². The van der Waals surface area contributed by atoms with Crippen LogP contribution in [0, 0.1) is 0 Å². The van der Waals surface area contributed by atoms with E-state index < -0.39 is 6.10 Å². The molecular weight excluding hydrogens is 741 g/mol. The smallest absolute Gasteiger partial charge is 0.306 e. The number of carbonyl (C=O) groups excluding carboxylic acids is 2. The summed E-state index contributed by atoms with van der Waals surface area (Å²) in [6.45, 7) is 7.82. The summed E-state index contributed by atoms with van der Waals surface area (Å²) in [5.41, 5.74) is 0. The van der Waals surface area contributed by atoms with Gasteiger partial charge in [0, 0.05) is 19.4 Å². The molecule has 0 radical (unpaired) electrons. The van der Waals surface area contributed by atoms with E-state index in [9.17, 15) is 9.59 Å². The van der Waals surface area contributed by atoms with Crippen molar-refractivity contribution in [2.45, 2.75) is 309 Å². The van der Waals surface area contributed by atoms with Crippen molar-refractivity contribution in [1.29, 1.82) is 0 Å². The Balaban J connectivity index is 3.92. The highest BCUT2D eigenvalue weighted by Gasteiger charge is 2.17. The van der Waals surface area contributed by atoms with Crippen LogP contribution in [0.25, 0.3) is 0 Å². The molecule has 0 spiro atoms. The maximum absolute atomic E-state index is 12.6. The fourth-order valence-electron chi connectivity index (χ4n) is 8.21. The first kappa shape index (κ1) is 58.6. The molecule has 1 unspecified atom stereocenters. The Hall–Kier alpha value is -1.36. The molecule has 0 saturated carbocycles. The summed E-state index contributed by atoms with van der Waals surface area (Å²) in [5.74, 6) is -0.392. The van der Waals surface area contributed by atoms with E-state index in [1.807, 2.05) is 0 Å². The number of ether oxygens (including phenoxy) is 3. The molecule has 0 aromatic rings. The molecule has 356 valence electrons. The summed E-state index contributed by atoms with van der Waals surface area (Å²) in [6, 6.07) is 0. The van der Waals surface area contributed by atoms with Gasteiger partial charge in [-0.2, -0.15) is 0 Å². The van der Waals surface area contributed by atoms with E-state index in [4.69, 9.17) is 14.2 Å². The molecule has 0 aromatic carbocycles. The second-order valence-electron chi connectivity index (χ2n) is 18.5. The highest BCUT2D eigenvalue weighted by Crippen LogP contribution is 2.16. The molecule has 0 bridgehead atoms. The predicted octanol–water partition coefficient (Wildman–Crippen LogP) is 18.2. The first-order valence-corrected chi connectivity index (χ1v) is 27.2. The second kappa shape index (κ2) is 52.0. The van der Waals surface area contributed by atoms with Crippen molar-refractivity contribution in [2.24, 2.45) is 0 Å². The lowest BCUT2D eigenvalue weighted by molar-refractivity contribution is -0.163. The van der Waals surface area contributed by atoms with E-state index in [2.05, 4.69) is 32.9 Å². The van der Waals surface area contributed by atoms with Gasteiger partial charge in [-0.05, 0) is 44.9 Å². The molecule has 5 nitrogen and oxygen atoms in total. The molecule has 0 aliphatic carbocycles. The number of unbranched alkanes of at least 4 members (excludes halogenated alkanes) is 38. The summed E-state index contributed by atoms with van der Waals surface area (Å²) < 4.78 is 17.3. The van der Waals surface area contributed by atoms with E-state index in [0.717, 1.165) is 38.5 Å². The van der Waals surface area contributed by atoms with Crippen LogP contribution in [0.3, 0.4) is 0 Å². The van der Waals surface area contributed by atoms with E-state index in [1.165, 1.54) is 231 Å². The molecule has 0 N–H and O–H groups in total. The van der Waals surface area contributed by atoms with Gasteiger partial charge in [-0.3, -0.25) is 9.59 Å². The van der Waals surface area contributed by atoms with Crippen molar-refractivity contribution in [3.8, 4) is 0 Å². The lowest BCUT2D eigenvalue weighted by Crippen LogP contribution is -2.30. The van der Waals surface area contributed by atoms with Crippen molar-refractivity contribution in [1.82, 2.24) is 0 Å². The van der Waals surface area contributed by atoms with Gasteiger partial charge in [0.05, 0.1) is 6.61 Å². The lowest BCUT2D eigenvalue weighted by Gasteiger charge is -2.18. The Morgan fingerprint density at radius 3 is 1.02 bits per heavy atom. The number of hydrogen-bond donors (Lipinski definition) is 0. The number of carbonyl (C=O) groups is 2. The van der Waals surface area contributed by atoms with Gasteiger partial charge in [0.25, 0.3) is 0 Å². The largest absolute Gasteiger partial charge is 0.462 e. The fourth-order valence-corrected chi connectivity index (χ4v) is 8.21. The van der Waals surface area contributed by atoms with Gasteiger partial charge in [0.1, 0.15) is 6.61 Å². The first-order chi connectivity index (χ1) is 29.6. The van der Waals surface area contributed by atoms with Crippen molar-refractivity contribution >= 4 is 11.9 Å². The van der Waals surface area contributed by atoms with E-state index in [1.54, 1.807) is 0 Å². The van der Waals surface area contributed by atoms with Gasteiger partial charge in [-0.25, -0.2) is 0 Å². The summed E-state index contributed by atoms with van der Waals surface area (Å²) >= 11 is 0. The zero-order valence-corrected chi connectivity index (χ0v) is 41.0. The van der Waals surface area contributed by atoms with Crippen LogP contribution in [0.4, 0.5) is 0 Å². The maximum Gasteiger partial charge on any atom is 0.306 e. The molecular formula is C55H106O5. The van der Waals surface area contributed by atoms with Crippen LogP contribution in [0.1, 0.15) is 303 Å². The van der Waals surface area contributed by atoms with E-state index in [-0.39, 0.29) is 18.5 Å². The summed E-state index contributed by atoms with van der Waals surface area (Å²) in [7, 11) is 0. The molecule has 0 aliphatic heterocycles. The minimum Gasteiger partial charge on any atom is -0.462 e. The molecule has 1 atom stereocenters. The van der Waals surface area contributed by atoms with Crippen LogP contribution in [0.5, 0.6) is 0 Å². The average Bonchev–Trinajstić information content (AvgIpc) is 3.25. The standard InChI is InChI=1S/C55H106O5/c1-4-7-10-13-15-17-19-21-23-25-27-29-31-33-35-37-39-41-44-47-50-58-51-53(60-55(57)49-46-42-12-9-6-3)52-59-54(56)48-45-43-40-38-36-34-32-30-28-26-24-22-20-18-16-14-11-8-5-2/h22,24,53H,4-21,23,25-52H2,1-3H3/b24-22-. The topological polar surface area (TPSA) is 61.8 Å². The van der Waals surface area contributed by atoms with Crippen LogP contribution in [0.2, 0.25) is 0 Å². The molecule has 0 heterocycles. The van der Waals surface area contributed by atoms with Crippen molar-refractivity contribution in [3.05, 3.63) is 12.2 Å². The van der Waals surface area contributed by atoms with Crippen LogP contribution >= 0.6 is 0 Å². The van der Waals surface area contributed by atoms with Crippen molar-refractivity contribution < 1.29 is 23.8 Å². The Bertz CT molecular complexity index is 871. The van der Waals surface area contributed by atoms with Gasteiger partial charge in [-0.15, -0.1) is 0 Å². The molecule has 0 aliphatic rings. The minimum absolute atomic E-state index is 0.0918. The van der Waals surface area contributed by atoms with Crippen LogP contribution in [-0.4, -0.2) is 37.9 Å². The number of esters is 2. The van der Waals surface area contributed by atoms with Gasteiger partial charge in [0.2, 0.25) is 0 Å². The molecule has 60 heavy (non-hydrogen) atoms. The molecule has 0 aromatic heterocycles. The maximum atomic E-state index is 12.6. The van der Waals surface area contributed by atoms with Crippen LogP contribution < -0.4 is 0 Å². The third kappa shape index (κ3) is 49.3. The highest BCUT2D eigenvalue weighted by molar-refractivity contribution is 5.70.